The van der Waals surface area contributed by atoms with Crippen LogP contribution in [0.15, 0.2) is 167 Å². The molecule has 0 saturated carbocycles. The van der Waals surface area contributed by atoms with Crippen molar-refractivity contribution >= 4 is 74.6 Å². The molecule has 0 spiro atoms. The maximum Gasteiger partial charge on any atom is 0.509 e. The molecule has 2 aliphatic rings. The molecular formula is C66H77N10O20PSi. The van der Waals surface area contributed by atoms with Crippen molar-refractivity contribution in [3.05, 3.63) is 184 Å². The third-order valence-electron chi connectivity index (χ3n) is 15.9. The van der Waals surface area contributed by atoms with Crippen LogP contribution in [0.1, 0.15) is 49.9 Å². The number of phosphoric ester groups is 1. The second kappa shape index (κ2) is 32.6. The number of nitrogens with one attached hydrogen (secondary N) is 2. The number of rotatable bonds is 32. The largest absolute Gasteiger partial charge is 0.509 e. The number of imidazole rings is 2. The van der Waals surface area contributed by atoms with Crippen molar-refractivity contribution in [3.63, 3.8) is 0 Å². The van der Waals surface area contributed by atoms with Gasteiger partial charge in [-0.25, -0.2) is 53.6 Å². The number of methoxy groups -OCH3 is 2. The monoisotopic (exact) mass is 1390 g/mol. The van der Waals surface area contributed by atoms with Crippen LogP contribution < -0.4 is 20.1 Å². The number of carbonyl (C=O) groups excluding carboxylic acids is 4. The first-order chi connectivity index (χ1) is 47.1. The molecule has 7 aromatic rings. The van der Waals surface area contributed by atoms with Crippen molar-refractivity contribution in [2.75, 3.05) is 71.1 Å². The highest BCUT2D eigenvalue weighted by atomic mass is 31.2. The first-order valence-corrected chi connectivity index (χ1v) is 35.0. The minimum atomic E-state index is -5.18. The van der Waals surface area contributed by atoms with Crippen LogP contribution in [0.5, 0.6) is 11.5 Å². The molecule has 32 heteroatoms. The third-order valence-corrected chi connectivity index (χ3v) is 21.8. The van der Waals surface area contributed by atoms with Gasteiger partial charge in [-0.1, -0.05) is 132 Å². The lowest BCUT2D eigenvalue weighted by molar-refractivity contribution is -0.0933. The minimum Gasteiger partial charge on any atom is -0.497 e. The Morgan fingerprint density at radius 1 is 0.561 bits per heavy atom. The van der Waals surface area contributed by atoms with Gasteiger partial charge in [0.05, 0.1) is 46.7 Å². The van der Waals surface area contributed by atoms with E-state index in [0.29, 0.717) is 28.2 Å². The van der Waals surface area contributed by atoms with Crippen LogP contribution in [0.4, 0.5) is 30.8 Å². The molecular weight excluding hydrogens is 1310 g/mol. The van der Waals surface area contributed by atoms with E-state index in [1.54, 1.807) is 14.2 Å². The van der Waals surface area contributed by atoms with E-state index in [-0.39, 0.29) is 67.0 Å². The fourth-order valence-corrected chi connectivity index (χ4v) is 13.0. The van der Waals surface area contributed by atoms with Crippen LogP contribution in [-0.2, 0) is 70.8 Å². The van der Waals surface area contributed by atoms with Gasteiger partial charge >= 0.3 is 32.3 Å². The molecule has 4 aromatic heterocycles. The Hall–Kier alpha value is -9.69. The number of carbonyl (C=O) groups is 4. The molecule has 3 aromatic carbocycles. The van der Waals surface area contributed by atoms with Gasteiger partial charge in [0.2, 0.25) is 0 Å². The number of fused-ring (bicyclic) bond motifs is 2. The fraction of sp³-hybridized carbons (Fsp3) is 0.364. The maximum atomic E-state index is 16.3. The number of anilines is 2. The predicted molar refractivity (Wildman–Crippen MR) is 357 cm³/mol. The summed E-state index contributed by atoms with van der Waals surface area (Å²) in [6, 6.07) is 24.5. The van der Waals surface area contributed by atoms with E-state index in [0.717, 1.165) is 6.33 Å². The van der Waals surface area contributed by atoms with Crippen molar-refractivity contribution in [3.8, 4) is 11.5 Å². The van der Waals surface area contributed by atoms with Crippen LogP contribution in [-0.4, -0.2) is 169 Å². The van der Waals surface area contributed by atoms with E-state index < -0.39 is 114 Å². The summed E-state index contributed by atoms with van der Waals surface area (Å²) in [5, 5.41) is 4.60. The number of aromatic nitrogens is 8. The van der Waals surface area contributed by atoms with Crippen molar-refractivity contribution < 1.29 is 93.8 Å². The highest BCUT2D eigenvalue weighted by molar-refractivity contribution is 7.48. The SMILES string of the molecule is C=CCOC(=O)Nc1ncnc2c1ncn2[C@@H]1O[C@H](COP(=O)(OCC=C)O[C@@H]2[C@H](O[Si](C)(C)C(C)(C)C)C(COC(c3ccccc3)(c3ccc(OC)cc3)c3ccc(OC)cc3)O[C@H]2n2cnc3c(NC(=O)OCC=C)ncnc32)[C@@H](OC(=O)OCC=C)[C@H]1OC(=O)OCC=C. The summed E-state index contributed by atoms with van der Waals surface area (Å²) in [6.07, 6.45) is -4.81. The summed E-state index contributed by atoms with van der Waals surface area (Å²) >= 11 is 0. The van der Waals surface area contributed by atoms with Gasteiger partial charge < -0.3 is 56.5 Å². The molecule has 2 N–H and O–H groups in total. The van der Waals surface area contributed by atoms with Crippen LogP contribution in [0.25, 0.3) is 22.3 Å². The van der Waals surface area contributed by atoms with Gasteiger partial charge in [0, 0.05) is 0 Å². The lowest BCUT2D eigenvalue weighted by atomic mass is 9.80. The van der Waals surface area contributed by atoms with Gasteiger partial charge in [-0.05, 0) is 59.1 Å². The second-order valence-electron chi connectivity index (χ2n) is 23.2. The Balaban J connectivity index is 1.17. The molecule has 0 aliphatic carbocycles. The minimum absolute atomic E-state index is 0.00429. The topological polar surface area (TPSA) is 335 Å². The van der Waals surface area contributed by atoms with Crippen LogP contribution in [0.2, 0.25) is 18.1 Å². The molecule has 0 bridgehead atoms. The van der Waals surface area contributed by atoms with Crippen molar-refractivity contribution in [1.82, 2.24) is 39.0 Å². The first-order valence-electron chi connectivity index (χ1n) is 30.6. The quantitative estimate of drug-likeness (QED) is 0.00988. The Bertz CT molecular complexity index is 3960. The summed E-state index contributed by atoms with van der Waals surface area (Å²) in [7, 11) is -5.10. The number of hydrogen-bond donors (Lipinski definition) is 2. The van der Waals surface area contributed by atoms with Crippen molar-refractivity contribution in [2.45, 2.75) is 93.6 Å². The number of amides is 2. The average Bonchev–Trinajstić information content (AvgIpc) is 1.38. The van der Waals surface area contributed by atoms with Crippen LogP contribution in [0.3, 0.4) is 0 Å². The summed E-state index contributed by atoms with van der Waals surface area (Å²) in [6.45, 7) is 25.8. The van der Waals surface area contributed by atoms with Gasteiger partial charge in [0.15, 0.2) is 66.9 Å². The second-order valence-corrected chi connectivity index (χ2v) is 29.5. The smallest absolute Gasteiger partial charge is 0.497 e. The molecule has 520 valence electrons. The van der Waals surface area contributed by atoms with E-state index in [2.05, 4.69) is 73.4 Å². The zero-order valence-corrected chi connectivity index (χ0v) is 56.9. The molecule has 30 nitrogen and oxygen atoms in total. The molecule has 9 atom stereocenters. The Kier molecular flexibility index (Phi) is 24.1. The van der Waals surface area contributed by atoms with Crippen molar-refractivity contribution in [2.24, 2.45) is 0 Å². The highest BCUT2D eigenvalue weighted by Gasteiger charge is 2.57. The van der Waals surface area contributed by atoms with Gasteiger partial charge in [-0.2, -0.15) is 0 Å². The number of hydrogen-bond acceptors (Lipinski definition) is 26. The molecule has 2 fully saturated rings. The lowest BCUT2D eigenvalue weighted by Crippen LogP contribution is -2.51. The van der Waals surface area contributed by atoms with Crippen molar-refractivity contribution in [1.29, 1.82) is 0 Å². The van der Waals surface area contributed by atoms with Gasteiger partial charge in [-0.3, -0.25) is 33.3 Å². The van der Waals surface area contributed by atoms with Gasteiger partial charge in [0.25, 0.3) is 0 Å². The number of phosphoric acid groups is 1. The van der Waals surface area contributed by atoms with E-state index >= 15 is 4.57 Å². The van der Waals surface area contributed by atoms with Crippen LogP contribution >= 0.6 is 7.82 Å². The molecule has 2 aliphatic heterocycles. The highest BCUT2D eigenvalue weighted by Crippen LogP contribution is 2.56. The standard InChI is InChI=1S/C66H77N10O20PSi/c1-13-31-84-61(77)73-55-49-57(69-38-67-55)75(40-71-49)59-53(94-64(80)87-34-16-4)51(93-63(79)86-33-15-3)48(92-59)37-90-97(81,89-35-17-5)95-54-52(96-98(11,12)65(6,7)8)47(91-60(54)76-41-72-50-56(68-39-70-58(50)76)74-62(78)85-32-14-2)36-88-66(42-21-19-18-20-22-42,43-23-27-45(82-9)28-24-43)44-25-29-46(83-10)30-26-44/h13-30,38-41,47-48,51-54,59-60H,1-5,31-37H2,6-12H3,(H,67,69,73,77)(H,68,70,74,78)/t47?,48-,51-,52-,53-,54-,59-,60-,97?/m1/s1. The van der Waals surface area contributed by atoms with Gasteiger partial charge in [0.1, 0.15) is 80.6 Å². The fourth-order valence-electron chi connectivity index (χ4n) is 10.3. The predicted octanol–water partition coefficient (Wildman–Crippen LogP) is 11.5. The molecule has 9 rings (SSSR count). The molecule has 2 unspecified atom stereocenters. The number of benzene rings is 3. The third kappa shape index (κ3) is 16.6. The Labute approximate surface area is 565 Å². The average molecular weight is 1390 g/mol. The summed E-state index contributed by atoms with van der Waals surface area (Å²) in [4.78, 5) is 79.6. The number of nitrogens with zero attached hydrogens (tertiary/aromatic N) is 8. The Morgan fingerprint density at radius 2 is 1.01 bits per heavy atom. The lowest BCUT2D eigenvalue weighted by Gasteiger charge is -2.41. The van der Waals surface area contributed by atoms with Gasteiger partial charge in [-0.15, -0.1) is 6.58 Å². The maximum absolute atomic E-state index is 16.3. The summed E-state index contributed by atoms with van der Waals surface area (Å²) in [5.41, 5.74) is 0.823. The Morgan fingerprint density at radius 3 is 1.48 bits per heavy atom. The molecule has 0 radical (unpaired) electrons. The van der Waals surface area contributed by atoms with E-state index in [1.165, 1.54) is 58.5 Å². The number of ether oxygens (including phenoxy) is 11. The summed E-state index contributed by atoms with van der Waals surface area (Å²) in [5.74, 6) is 1.03. The van der Waals surface area contributed by atoms with E-state index in [4.69, 9.17) is 70.1 Å². The molecule has 98 heavy (non-hydrogen) atoms. The normalized spacial score (nSPS) is 19.9. The van der Waals surface area contributed by atoms with E-state index in [1.807, 2.05) is 113 Å². The van der Waals surface area contributed by atoms with Crippen LogP contribution in [0, 0.1) is 0 Å². The molecule has 2 saturated heterocycles. The zero-order chi connectivity index (χ0) is 70.2. The molecule has 2 amide bonds. The summed E-state index contributed by atoms with van der Waals surface area (Å²) < 4.78 is 111. The zero-order valence-electron chi connectivity index (χ0n) is 55.0. The molecule has 6 heterocycles. The first kappa shape index (κ1) is 72.6. The van der Waals surface area contributed by atoms with E-state index in [9.17, 15) is 19.2 Å².